The van der Waals surface area contributed by atoms with Gasteiger partial charge >= 0.3 is 0 Å². The standard InChI is InChI=1S/C21H28.C18H18Br4.C18H22.C16H18.C15H16.C14H14.C9H12.2C8H10.9CH4/c1-13-8-20(9-14(2)18(13)6)10-17(5)21-11-15(3)19(7)16(4)12-21;1-7-9(3)15(19)13(16(20)10(7)4)14-17(21)11(5)8(2)12(6)18(14)22;1-11-7-17(8-12(2)15(11)5)18-9-13(3)16(6)14(4)10-18;1-11-5-7-15(9-13(11)3)16-8-6-12(2)14(4)10-16;1-12-3-7-14(8-4-12)11-15-9-5-13(2)6-10-15;1-11-3-7-13(8-4-11)14-9-5-12(2)6-10-14;1-7-4-5-8(2)9(3)6-7;1-7-3-5-8(2)6-4-7;1-7-4-3-5-8(2)6-7;;;;;;;;;/h8-9,11-12,17H,10H2,1-7H3;1-6H3;7-10H,1-6H3;5-10H,1-4H3;3-10H,11H2,1-2H3;3-10H,1-2H3;4-6H,1-3H3;2*3-6H,1-2H3;9*1H4. The van der Waals surface area contributed by atoms with E-state index >= 15 is 0 Å². The van der Waals surface area contributed by atoms with Crippen molar-refractivity contribution in [3.63, 3.8) is 0 Å². The second kappa shape index (κ2) is 63.3. The summed E-state index contributed by atoms with van der Waals surface area (Å²) in [5.74, 6) is 0.560. The molecule has 4 heteroatoms. The lowest BCUT2D eigenvalue weighted by Crippen LogP contribution is -2.02. The second-order valence-corrected chi connectivity index (χ2v) is 40.5. The smallest absolute Gasteiger partial charge is 0.0297 e. The fraction of sp³-hybridized carbons (Fsp3) is 0.338. The zero-order valence-electron chi connectivity index (χ0n) is 85.7. The van der Waals surface area contributed by atoms with Gasteiger partial charge in [0.1, 0.15) is 0 Å². The lowest BCUT2D eigenvalue weighted by molar-refractivity contribution is 0.755. The Morgan fingerprint density at radius 3 is 0.636 bits per heavy atom. The molecule has 1 unspecified atom stereocenters. The van der Waals surface area contributed by atoms with Crippen LogP contribution in [0.1, 0.15) is 286 Å². The fourth-order valence-corrected chi connectivity index (χ4v) is 18.7. The van der Waals surface area contributed by atoms with E-state index in [9.17, 15) is 0 Å². The minimum absolute atomic E-state index is 0. The molecule has 756 valence electrons. The van der Waals surface area contributed by atoms with Gasteiger partial charge in [-0.25, -0.2) is 0 Å². The van der Waals surface area contributed by atoms with Gasteiger partial charge in [-0.05, 0) is 500 Å². The molecule has 0 bridgehead atoms. The molecule has 0 aliphatic heterocycles. The first-order chi connectivity index (χ1) is 61.6. The van der Waals surface area contributed by atoms with Crippen LogP contribution in [0.15, 0.2) is 267 Å². The van der Waals surface area contributed by atoms with Crippen LogP contribution in [0.5, 0.6) is 0 Å². The first-order valence-electron chi connectivity index (χ1n) is 46.4. The van der Waals surface area contributed by atoms with Crippen LogP contribution in [0, 0.1) is 228 Å². The van der Waals surface area contributed by atoms with Crippen LogP contribution in [0.2, 0.25) is 0 Å². The number of rotatable bonds is 9. The van der Waals surface area contributed by atoms with Crippen LogP contribution in [-0.2, 0) is 12.8 Å². The second-order valence-electron chi connectivity index (χ2n) is 37.3. The number of hydrogen-bond donors (Lipinski definition) is 0. The molecule has 0 amide bonds. The summed E-state index contributed by atoms with van der Waals surface area (Å²) in [7, 11) is 0. The summed E-state index contributed by atoms with van der Waals surface area (Å²) in [5.41, 5.74) is 60.6. The maximum absolute atomic E-state index is 3.82. The molecule has 0 spiro atoms. The van der Waals surface area contributed by atoms with Gasteiger partial charge in [0, 0.05) is 29.0 Å². The van der Waals surface area contributed by atoms with E-state index in [-0.39, 0.29) is 66.8 Å². The molecule has 15 aromatic carbocycles. The van der Waals surface area contributed by atoms with E-state index in [1.54, 1.807) is 0 Å². The van der Waals surface area contributed by atoms with Gasteiger partial charge < -0.3 is 0 Å². The van der Waals surface area contributed by atoms with Gasteiger partial charge in [-0.1, -0.05) is 373 Å². The van der Waals surface area contributed by atoms with E-state index in [2.05, 4.69) is 548 Å². The van der Waals surface area contributed by atoms with Gasteiger partial charge in [0.05, 0.1) is 0 Å². The van der Waals surface area contributed by atoms with Gasteiger partial charge in [0.2, 0.25) is 0 Å². The summed E-state index contributed by atoms with van der Waals surface area (Å²) in [6, 6.07) is 90.1. The molecule has 0 heterocycles. The lowest BCUT2D eigenvalue weighted by Gasteiger charge is -2.22. The predicted octanol–water partition coefficient (Wildman–Crippen LogP) is 44.7. The van der Waals surface area contributed by atoms with Crippen LogP contribution >= 0.6 is 63.7 Å². The van der Waals surface area contributed by atoms with E-state index in [1.165, 1.54) is 250 Å². The largest absolute Gasteiger partial charge is 0.0776 e. The SMILES string of the molecule is C.C.C.C.C.C.C.C.C.Cc1c(C)c(Br)c(-c2c(Br)c(C)c(C)c(C)c2Br)c(Br)c1C.Cc1cc(-c2cc(C)c(C)c(C)c2)cc(C)c1C.Cc1cc(CC(C)c2cc(C)c(C)c(C)c2)cc(C)c1C.Cc1ccc(-c2ccc(C)c(C)c2)cc1C.Cc1ccc(-c2ccc(C)cc2)cc1.Cc1ccc(C)c(C)c1.Cc1ccc(C)cc1.Cc1ccc(Cc2ccc(C)cc2)cc1.Cc1cccc(C)c1. The summed E-state index contributed by atoms with van der Waals surface area (Å²) in [6.45, 7) is 73.7. The number of halogens is 4. The van der Waals surface area contributed by atoms with Crippen molar-refractivity contribution in [1.29, 1.82) is 0 Å². The molecular formula is C136H184Br4. The Balaban J connectivity index is -0.00000152. The molecule has 0 aromatic heterocycles. The minimum Gasteiger partial charge on any atom is -0.0776 e. The van der Waals surface area contributed by atoms with Crippen molar-refractivity contribution in [3.05, 3.63) is 472 Å². The van der Waals surface area contributed by atoms with Gasteiger partial charge in [0.25, 0.3) is 0 Å². The quantitative estimate of drug-likeness (QED) is 0.135. The molecule has 0 nitrogen and oxygen atoms in total. The van der Waals surface area contributed by atoms with Crippen molar-refractivity contribution in [2.75, 3.05) is 0 Å². The van der Waals surface area contributed by atoms with E-state index in [0.717, 1.165) is 30.7 Å². The molecule has 0 fully saturated rings. The third kappa shape index (κ3) is 39.5. The summed E-state index contributed by atoms with van der Waals surface area (Å²) in [5, 5.41) is 0. The molecule has 15 aromatic rings. The predicted molar refractivity (Wildman–Crippen MR) is 655 cm³/mol. The molecule has 0 saturated heterocycles. The summed E-state index contributed by atoms with van der Waals surface area (Å²) >= 11 is 15.3. The monoisotopic (exact) mass is 2130 g/mol. The highest BCUT2D eigenvalue weighted by Crippen LogP contribution is 2.49. The summed E-state index contributed by atoms with van der Waals surface area (Å²) < 4.78 is 4.58. The molecule has 15 rings (SSSR count). The average molecular weight is 2140 g/mol. The molecule has 0 aliphatic carbocycles. The minimum atomic E-state index is 0. The fourth-order valence-electron chi connectivity index (χ4n) is 15.4. The molecule has 140 heavy (non-hydrogen) atoms. The van der Waals surface area contributed by atoms with Crippen molar-refractivity contribution >= 4 is 63.7 Å². The van der Waals surface area contributed by atoms with Gasteiger partial charge in [0.15, 0.2) is 0 Å². The Kier molecular flexibility index (Phi) is 60.7. The maximum atomic E-state index is 3.82. The molecule has 0 aliphatic rings. The highest BCUT2D eigenvalue weighted by Gasteiger charge is 2.24. The van der Waals surface area contributed by atoms with E-state index in [1.807, 2.05) is 0 Å². The summed E-state index contributed by atoms with van der Waals surface area (Å²) in [6.07, 6.45) is 2.14. The van der Waals surface area contributed by atoms with Crippen molar-refractivity contribution in [2.24, 2.45) is 0 Å². The highest BCUT2D eigenvalue weighted by molar-refractivity contribution is 9.11. The first kappa shape index (κ1) is 134. The normalized spacial score (nSPS) is 10.0. The molecule has 1 atom stereocenters. The number of aryl methyl sites for hydroxylation is 23. The lowest BCUT2D eigenvalue weighted by atomic mass is 9.88. The highest BCUT2D eigenvalue weighted by atomic mass is 79.9. The summed E-state index contributed by atoms with van der Waals surface area (Å²) in [4.78, 5) is 0. The maximum Gasteiger partial charge on any atom is 0.0297 e. The van der Waals surface area contributed by atoms with Gasteiger partial charge in [-0.15, -0.1) is 0 Å². The number of hydrogen-bond acceptors (Lipinski definition) is 0. The zero-order chi connectivity index (χ0) is 97.3. The van der Waals surface area contributed by atoms with E-state index < -0.39 is 0 Å². The Bertz CT molecular complexity index is 5890. The van der Waals surface area contributed by atoms with Crippen LogP contribution < -0.4 is 0 Å². The number of benzene rings is 15. The van der Waals surface area contributed by atoms with Crippen molar-refractivity contribution < 1.29 is 0 Å². The van der Waals surface area contributed by atoms with Crippen molar-refractivity contribution in [1.82, 2.24) is 0 Å². The van der Waals surface area contributed by atoms with Crippen molar-refractivity contribution in [3.8, 4) is 44.5 Å². The first-order valence-corrected chi connectivity index (χ1v) is 49.5. The van der Waals surface area contributed by atoms with E-state index in [0.29, 0.717) is 5.92 Å². The van der Waals surface area contributed by atoms with Crippen LogP contribution in [0.4, 0.5) is 0 Å². The zero-order valence-corrected chi connectivity index (χ0v) is 92.0. The van der Waals surface area contributed by atoms with Gasteiger partial charge in [-0.2, -0.15) is 0 Å². The van der Waals surface area contributed by atoms with Crippen molar-refractivity contribution in [2.45, 2.75) is 321 Å². The molecule has 0 radical (unpaired) electrons. The molecular weight excluding hydrogens is 1950 g/mol. The van der Waals surface area contributed by atoms with Gasteiger partial charge in [-0.3, -0.25) is 0 Å². The van der Waals surface area contributed by atoms with Crippen LogP contribution in [-0.4, -0.2) is 0 Å². The molecule has 0 saturated carbocycles. The topological polar surface area (TPSA) is 0 Å². The third-order valence-corrected chi connectivity index (χ3v) is 30.4. The average Bonchev–Trinajstić information content (AvgIpc) is 0.747. The Morgan fingerprint density at radius 1 is 0.171 bits per heavy atom. The Morgan fingerprint density at radius 2 is 0.386 bits per heavy atom. The van der Waals surface area contributed by atoms with Crippen LogP contribution in [0.3, 0.4) is 0 Å². The molecule has 0 N–H and O–H groups in total. The van der Waals surface area contributed by atoms with E-state index in [4.69, 9.17) is 0 Å². The Hall–Kier alpha value is -9.78. The Labute approximate surface area is 894 Å². The van der Waals surface area contributed by atoms with Crippen LogP contribution in [0.25, 0.3) is 44.5 Å². The third-order valence-electron chi connectivity index (χ3n) is 26.4.